The van der Waals surface area contributed by atoms with Gasteiger partial charge in [-0.3, -0.25) is 0 Å². The van der Waals surface area contributed by atoms with Gasteiger partial charge in [-0.1, -0.05) is 17.7 Å². The highest BCUT2D eigenvalue weighted by atomic mass is 35.5. The lowest BCUT2D eigenvalue weighted by molar-refractivity contribution is 0.282. The number of rotatable bonds is 3. The number of aliphatic hydroxyl groups is 1. The van der Waals surface area contributed by atoms with Crippen molar-refractivity contribution in [1.29, 1.82) is 0 Å². The van der Waals surface area contributed by atoms with Gasteiger partial charge < -0.3 is 5.11 Å². The number of aromatic nitrogens is 2. The quantitative estimate of drug-likeness (QED) is 0.926. The van der Waals surface area contributed by atoms with Crippen molar-refractivity contribution in [2.24, 2.45) is 0 Å². The average Bonchev–Trinajstić information content (AvgIpc) is 2.77. The molecule has 0 radical (unpaired) electrons. The molecule has 96 valence electrons. The molecule has 0 aliphatic carbocycles. The highest BCUT2D eigenvalue weighted by molar-refractivity contribution is 7.90. The van der Waals surface area contributed by atoms with Crippen LogP contribution < -0.4 is 0 Å². The molecule has 1 aromatic heterocycles. The van der Waals surface area contributed by atoms with Gasteiger partial charge in [0.05, 0.1) is 18.5 Å². The van der Waals surface area contributed by atoms with Crippen LogP contribution in [0.2, 0.25) is 5.02 Å². The standard InChI is InChI=1S/C11H11ClN2O3S/c1-18(16,17)10-5-13-14(6-10)9-3-2-8(7-15)11(12)4-9/h2-6,15H,7H2,1H3. The van der Waals surface area contributed by atoms with Crippen LogP contribution in [0.25, 0.3) is 5.69 Å². The van der Waals surface area contributed by atoms with Crippen LogP contribution in [0.4, 0.5) is 0 Å². The smallest absolute Gasteiger partial charge is 0.178 e. The van der Waals surface area contributed by atoms with Crippen molar-refractivity contribution in [1.82, 2.24) is 9.78 Å². The Morgan fingerprint density at radius 2 is 2.17 bits per heavy atom. The first kappa shape index (κ1) is 13.1. The van der Waals surface area contributed by atoms with E-state index in [0.29, 0.717) is 16.3 Å². The normalized spacial score (nSPS) is 11.7. The highest BCUT2D eigenvalue weighted by Crippen LogP contribution is 2.20. The van der Waals surface area contributed by atoms with E-state index in [1.54, 1.807) is 18.2 Å². The molecular weight excluding hydrogens is 276 g/mol. The molecule has 5 nitrogen and oxygen atoms in total. The molecule has 0 unspecified atom stereocenters. The zero-order valence-electron chi connectivity index (χ0n) is 9.54. The summed E-state index contributed by atoms with van der Waals surface area (Å²) in [5.74, 6) is 0. The number of hydrogen-bond donors (Lipinski definition) is 1. The van der Waals surface area contributed by atoms with E-state index in [0.717, 1.165) is 6.26 Å². The first-order chi connectivity index (χ1) is 8.41. The lowest BCUT2D eigenvalue weighted by atomic mass is 10.2. The minimum absolute atomic E-state index is 0.143. The van der Waals surface area contributed by atoms with Crippen molar-refractivity contribution in [3.8, 4) is 5.69 Å². The maximum absolute atomic E-state index is 11.3. The summed E-state index contributed by atoms with van der Waals surface area (Å²) in [4.78, 5) is 0.143. The first-order valence-electron chi connectivity index (χ1n) is 5.06. The van der Waals surface area contributed by atoms with Gasteiger partial charge in [0.2, 0.25) is 0 Å². The highest BCUT2D eigenvalue weighted by Gasteiger charge is 2.11. The van der Waals surface area contributed by atoms with Crippen LogP contribution in [0.15, 0.2) is 35.5 Å². The minimum atomic E-state index is -3.27. The van der Waals surface area contributed by atoms with Crippen LogP contribution >= 0.6 is 11.6 Å². The van der Waals surface area contributed by atoms with Crippen molar-refractivity contribution in [3.63, 3.8) is 0 Å². The number of nitrogens with zero attached hydrogens (tertiary/aromatic N) is 2. The van der Waals surface area contributed by atoms with E-state index in [1.807, 2.05) is 0 Å². The summed E-state index contributed by atoms with van der Waals surface area (Å²) in [7, 11) is -3.27. The molecular formula is C11H11ClN2O3S. The molecule has 1 heterocycles. The van der Waals surface area contributed by atoms with Crippen molar-refractivity contribution in [2.45, 2.75) is 11.5 Å². The Hall–Kier alpha value is -1.37. The Kier molecular flexibility index (Phi) is 3.43. The van der Waals surface area contributed by atoms with Crippen molar-refractivity contribution >= 4 is 21.4 Å². The molecule has 0 aliphatic heterocycles. The summed E-state index contributed by atoms with van der Waals surface area (Å²) >= 11 is 5.96. The SMILES string of the molecule is CS(=O)(=O)c1cnn(-c2ccc(CO)c(Cl)c2)c1. The van der Waals surface area contributed by atoms with Crippen LogP contribution in [0.5, 0.6) is 0 Å². The third-order valence-electron chi connectivity index (χ3n) is 2.46. The second kappa shape index (κ2) is 4.72. The summed E-state index contributed by atoms with van der Waals surface area (Å²) < 4.78 is 24.1. The van der Waals surface area contributed by atoms with E-state index in [1.165, 1.54) is 17.1 Å². The van der Waals surface area contributed by atoms with Crippen LogP contribution in [0.3, 0.4) is 0 Å². The van der Waals surface area contributed by atoms with E-state index in [4.69, 9.17) is 16.7 Å². The van der Waals surface area contributed by atoms with Crippen molar-refractivity contribution < 1.29 is 13.5 Å². The Balaban J connectivity index is 2.44. The number of halogens is 1. The van der Waals surface area contributed by atoms with Crippen LogP contribution in [-0.2, 0) is 16.4 Å². The Morgan fingerprint density at radius 1 is 1.44 bits per heavy atom. The fourth-order valence-corrected chi connectivity index (χ4v) is 2.21. The molecule has 0 saturated heterocycles. The number of sulfone groups is 1. The lowest BCUT2D eigenvalue weighted by Crippen LogP contribution is -1.97. The minimum Gasteiger partial charge on any atom is -0.392 e. The van der Waals surface area contributed by atoms with Crippen molar-refractivity contribution in [3.05, 3.63) is 41.2 Å². The zero-order valence-corrected chi connectivity index (χ0v) is 11.1. The fraction of sp³-hybridized carbons (Fsp3) is 0.182. The topological polar surface area (TPSA) is 72.2 Å². The maximum atomic E-state index is 11.3. The third-order valence-corrected chi connectivity index (χ3v) is 3.88. The molecule has 2 rings (SSSR count). The van der Waals surface area contributed by atoms with Gasteiger partial charge in [-0.2, -0.15) is 5.10 Å². The summed E-state index contributed by atoms with van der Waals surface area (Å²) in [6.45, 7) is -0.146. The van der Waals surface area contributed by atoms with E-state index < -0.39 is 9.84 Å². The van der Waals surface area contributed by atoms with Crippen LogP contribution in [-0.4, -0.2) is 29.6 Å². The van der Waals surface area contributed by atoms with E-state index in [2.05, 4.69) is 5.10 Å². The van der Waals surface area contributed by atoms with Crippen molar-refractivity contribution in [2.75, 3.05) is 6.26 Å². The van der Waals surface area contributed by atoms with E-state index in [9.17, 15) is 8.42 Å². The predicted molar refractivity (Wildman–Crippen MR) is 67.6 cm³/mol. The van der Waals surface area contributed by atoms with Gasteiger partial charge in [0.1, 0.15) is 4.90 Å². The molecule has 18 heavy (non-hydrogen) atoms. The molecule has 0 spiro atoms. The van der Waals surface area contributed by atoms with E-state index >= 15 is 0 Å². The Bertz CT molecular complexity index is 679. The van der Waals surface area contributed by atoms with Gasteiger partial charge in [0.15, 0.2) is 9.84 Å². The molecule has 0 bridgehead atoms. The second-order valence-electron chi connectivity index (χ2n) is 3.83. The predicted octanol–water partition coefficient (Wildman–Crippen LogP) is 1.42. The Morgan fingerprint density at radius 3 is 2.67 bits per heavy atom. The van der Waals surface area contributed by atoms with Gasteiger partial charge in [-0.25, -0.2) is 13.1 Å². The van der Waals surface area contributed by atoms with Gasteiger partial charge in [-0.15, -0.1) is 0 Å². The molecule has 2 aromatic rings. The van der Waals surface area contributed by atoms with E-state index in [-0.39, 0.29) is 11.5 Å². The average molecular weight is 287 g/mol. The van der Waals surface area contributed by atoms with Gasteiger partial charge in [-0.05, 0) is 17.7 Å². The lowest BCUT2D eigenvalue weighted by Gasteiger charge is -2.04. The molecule has 0 fully saturated rings. The monoisotopic (exact) mass is 286 g/mol. The van der Waals surface area contributed by atoms with Crippen LogP contribution in [0, 0.1) is 0 Å². The fourth-order valence-electron chi connectivity index (χ4n) is 1.45. The maximum Gasteiger partial charge on any atom is 0.178 e. The molecule has 1 N–H and O–H groups in total. The molecule has 0 aliphatic rings. The van der Waals surface area contributed by atoms with Gasteiger partial charge in [0.25, 0.3) is 0 Å². The van der Waals surface area contributed by atoms with Gasteiger partial charge in [0, 0.05) is 17.5 Å². The second-order valence-corrected chi connectivity index (χ2v) is 6.25. The summed E-state index contributed by atoms with van der Waals surface area (Å²) in [5, 5.41) is 13.4. The number of hydrogen-bond acceptors (Lipinski definition) is 4. The van der Waals surface area contributed by atoms with Crippen LogP contribution in [0.1, 0.15) is 5.56 Å². The Labute approximate surface area is 110 Å². The molecule has 0 amide bonds. The summed E-state index contributed by atoms with van der Waals surface area (Å²) in [6, 6.07) is 4.99. The zero-order chi connectivity index (χ0) is 13.3. The summed E-state index contributed by atoms with van der Waals surface area (Å²) in [5.41, 5.74) is 1.24. The number of benzene rings is 1. The summed E-state index contributed by atoms with van der Waals surface area (Å²) in [6.07, 6.45) is 3.82. The van der Waals surface area contributed by atoms with Gasteiger partial charge >= 0.3 is 0 Å². The largest absolute Gasteiger partial charge is 0.392 e. The molecule has 0 saturated carbocycles. The molecule has 1 aromatic carbocycles. The first-order valence-corrected chi connectivity index (χ1v) is 7.33. The molecule has 7 heteroatoms. The molecule has 0 atom stereocenters. The number of aliphatic hydroxyl groups excluding tert-OH is 1. The third kappa shape index (κ3) is 2.55.